The van der Waals surface area contributed by atoms with Crippen LogP contribution >= 0.6 is 0 Å². The molecule has 0 amide bonds. The van der Waals surface area contributed by atoms with Crippen molar-refractivity contribution in [3.63, 3.8) is 0 Å². The number of hydrogen-bond donors (Lipinski definition) is 1. The van der Waals surface area contributed by atoms with Crippen LogP contribution in [0.3, 0.4) is 0 Å². The van der Waals surface area contributed by atoms with E-state index in [9.17, 15) is 9.90 Å². The molecule has 0 saturated carbocycles. The number of carbonyl (C=O) groups excluding carboxylic acids is 1. The molecule has 0 aliphatic rings. The van der Waals surface area contributed by atoms with Crippen LogP contribution in [0.5, 0.6) is 0 Å². The third-order valence-electron chi connectivity index (χ3n) is 3.54. The van der Waals surface area contributed by atoms with E-state index in [0.29, 0.717) is 0 Å². The van der Waals surface area contributed by atoms with Crippen molar-refractivity contribution < 1.29 is 49.0 Å². The minimum atomic E-state index is -1.29. The first-order valence-corrected chi connectivity index (χ1v) is 8.08. The van der Waals surface area contributed by atoms with Gasteiger partial charge in [0, 0.05) is 6.42 Å². The van der Waals surface area contributed by atoms with E-state index in [0.717, 1.165) is 5.56 Å². The van der Waals surface area contributed by atoms with Crippen molar-refractivity contribution >= 4 is 5.78 Å². The van der Waals surface area contributed by atoms with Crippen LogP contribution in [-0.2, 0) is 50.3 Å². The van der Waals surface area contributed by atoms with Crippen molar-refractivity contribution in [2.75, 3.05) is 35.0 Å². The molecule has 0 spiro atoms. The van der Waals surface area contributed by atoms with Crippen LogP contribution in [0.15, 0.2) is 30.3 Å². The monoisotopic (exact) mass is 390 g/mol. The maximum absolute atomic E-state index is 12.8. The molecule has 0 aromatic heterocycles. The van der Waals surface area contributed by atoms with Crippen LogP contribution in [0.4, 0.5) is 0 Å². The lowest BCUT2D eigenvalue weighted by atomic mass is 9.96. The Morgan fingerprint density at radius 2 is 1.41 bits per heavy atom. The standard InChI is InChI=1S/C17H26O10/c1-20-24-14(11-18)16(26-22-3)17(27-23-4)15(25-21-2)13(19)10-12-8-6-5-7-9-12/h5-9,14-18H,10-11H2,1-4H3/t14-,15+,16+,17-/m0/s1. The highest BCUT2D eigenvalue weighted by atomic mass is 17.2. The Morgan fingerprint density at radius 3 is 1.93 bits per heavy atom. The molecule has 0 radical (unpaired) electrons. The van der Waals surface area contributed by atoms with E-state index in [4.69, 9.17) is 34.2 Å². The Balaban J connectivity index is 3.10. The van der Waals surface area contributed by atoms with E-state index in [2.05, 4.69) is 4.89 Å². The summed E-state index contributed by atoms with van der Waals surface area (Å²) in [5, 5.41) is 9.56. The van der Waals surface area contributed by atoms with Gasteiger partial charge in [0.25, 0.3) is 0 Å². The van der Waals surface area contributed by atoms with Gasteiger partial charge >= 0.3 is 0 Å². The van der Waals surface area contributed by atoms with Gasteiger partial charge in [0.2, 0.25) is 0 Å². The van der Waals surface area contributed by atoms with Crippen molar-refractivity contribution in [1.82, 2.24) is 0 Å². The second-order valence-electron chi connectivity index (χ2n) is 5.25. The Bertz CT molecular complexity index is 512. The number of aliphatic hydroxyl groups excluding tert-OH is 1. The highest BCUT2D eigenvalue weighted by molar-refractivity contribution is 5.85. The lowest BCUT2D eigenvalue weighted by molar-refractivity contribution is -0.435. The molecule has 0 unspecified atom stereocenters. The van der Waals surface area contributed by atoms with Gasteiger partial charge in [-0.2, -0.15) is 0 Å². The second-order valence-corrected chi connectivity index (χ2v) is 5.25. The van der Waals surface area contributed by atoms with Gasteiger partial charge in [0.15, 0.2) is 24.1 Å². The SMILES string of the molecule is COO[C@H]([C@H](OOC)[C@H](CO)OOC)[C@H](OOC)C(=O)Cc1ccccc1. The van der Waals surface area contributed by atoms with Crippen molar-refractivity contribution in [1.29, 1.82) is 0 Å². The Kier molecular flexibility index (Phi) is 11.9. The zero-order chi connectivity index (χ0) is 20.1. The molecule has 1 aromatic rings. The van der Waals surface area contributed by atoms with E-state index in [1.807, 2.05) is 18.2 Å². The number of benzene rings is 1. The number of Topliss-reactive ketones (excluding diaryl/α,β-unsaturated/α-hetero) is 1. The first kappa shape index (κ1) is 23.6. The fraction of sp³-hybridized carbons (Fsp3) is 0.588. The molecule has 1 rings (SSSR count). The smallest absolute Gasteiger partial charge is 0.183 e. The molecule has 154 valence electrons. The van der Waals surface area contributed by atoms with Crippen LogP contribution < -0.4 is 0 Å². The molecule has 0 aliphatic carbocycles. The van der Waals surface area contributed by atoms with Gasteiger partial charge in [-0.25, -0.2) is 39.1 Å². The number of carbonyl (C=O) groups is 1. The zero-order valence-corrected chi connectivity index (χ0v) is 15.7. The summed E-state index contributed by atoms with van der Waals surface area (Å²) >= 11 is 0. The van der Waals surface area contributed by atoms with E-state index in [1.165, 1.54) is 28.4 Å². The first-order valence-electron chi connectivity index (χ1n) is 8.08. The summed E-state index contributed by atoms with van der Waals surface area (Å²) in [6.45, 7) is -0.530. The number of hydrogen-bond acceptors (Lipinski definition) is 10. The summed E-state index contributed by atoms with van der Waals surface area (Å²) in [5.74, 6) is -0.385. The Labute approximate surface area is 157 Å². The predicted molar refractivity (Wildman–Crippen MR) is 89.8 cm³/mol. The number of ketones is 1. The largest absolute Gasteiger partial charge is 0.393 e. The van der Waals surface area contributed by atoms with E-state index in [-0.39, 0.29) is 12.2 Å². The topological polar surface area (TPSA) is 111 Å². The minimum Gasteiger partial charge on any atom is -0.393 e. The van der Waals surface area contributed by atoms with Gasteiger partial charge in [0.1, 0.15) is 6.10 Å². The van der Waals surface area contributed by atoms with Gasteiger partial charge in [-0.3, -0.25) is 4.79 Å². The fourth-order valence-electron chi connectivity index (χ4n) is 2.43. The van der Waals surface area contributed by atoms with Gasteiger partial charge in [-0.1, -0.05) is 30.3 Å². The molecule has 0 bridgehead atoms. The molecular formula is C17H26O10. The number of rotatable bonds is 15. The van der Waals surface area contributed by atoms with Gasteiger partial charge in [-0.15, -0.1) is 0 Å². The lowest BCUT2D eigenvalue weighted by Crippen LogP contribution is -2.53. The summed E-state index contributed by atoms with van der Waals surface area (Å²) < 4.78 is 0. The van der Waals surface area contributed by atoms with Crippen molar-refractivity contribution in [3.05, 3.63) is 35.9 Å². The van der Waals surface area contributed by atoms with Gasteiger partial charge in [-0.05, 0) is 5.56 Å². The molecule has 0 fully saturated rings. The summed E-state index contributed by atoms with van der Waals surface area (Å²) in [7, 11) is 4.99. The number of aliphatic hydroxyl groups is 1. The first-order chi connectivity index (χ1) is 13.1. The highest BCUT2D eigenvalue weighted by Crippen LogP contribution is 2.20. The van der Waals surface area contributed by atoms with Gasteiger partial charge in [0.05, 0.1) is 35.0 Å². The normalized spacial score (nSPS) is 15.9. The summed E-state index contributed by atoms with van der Waals surface area (Å²) in [4.78, 5) is 52.0. The Hall–Kier alpha value is -1.47. The summed E-state index contributed by atoms with van der Waals surface area (Å²) in [6, 6.07) is 9.04. The van der Waals surface area contributed by atoms with E-state index in [1.54, 1.807) is 12.1 Å². The molecule has 1 aromatic carbocycles. The molecule has 27 heavy (non-hydrogen) atoms. The highest BCUT2D eigenvalue weighted by Gasteiger charge is 2.44. The quantitative estimate of drug-likeness (QED) is 0.337. The van der Waals surface area contributed by atoms with Crippen LogP contribution in [0.1, 0.15) is 5.56 Å². The maximum atomic E-state index is 12.8. The van der Waals surface area contributed by atoms with Crippen molar-refractivity contribution in [2.45, 2.75) is 30.8 Å². The molecule has 4 atom stereocenters. The zero-order valence-electron chi connectivity index (χ0n) is 15.7. The molecule has 0 heterocycles. The fourth-order valence-corrected chi connectivity index (χ4v) is 2.43. The molecule has 1 N–H and O–H groups in total. The van der Waals surface area contributed by atoms with Crippen LogP contribution in [0.25, 0.3) is 0 Å². The van der Waals surface area contributed by atoms with Crippen LogP contribution in [0.2, 0.25) is 0 Å². The summed E-state index contributed by atoms with van der Waals surface area (Å²) in [5.41, 5.74) is 0.763. The third-order valence-corrected chi connectivity index (χ3v) is 3.54. The molecular weight excluding hydrogens is 364 g/mol. The van der Waals surface area contributed by atoms with Gasteiger partial charge < -0.3 is 5.11 Å². The molecule has 0 aliphatic heterocycles. The van der Waals surface area contributed by atoms with Crippen LogP contribution in [0, 0.1) is 0 Å². The average molecular weight is 390 g/mol. The Morgan fingerprint density at radius 1 is 0.852 bits per heavy atom. The van der Waals surface area contributed by atoms with Crippen molar-refractivity contribution in [2.24, 2.45) is 0 Å². The van der Waals surface area contributed by atoms with E-state index < -0.39 is 31.0 Å². The maximum Gasteiger partial charge on any atom is 0.183 e. The van der Waals surface area contributed by atoms with Crippen molar-refractivity contribution in [3.8, 4) is 0 Å². The third kappa shape index (κ3) is 7.58. The average Bonchev–Trinajstić information content (AvgIpc) is 2.68. The summed E-state index contributed by atoms with van der Waals surface area (Å²) in [6.07, 6.45) is -4.72. The lowest BCUT2D eigenvalue weighted by Gasteiger charge is -2.32. The molecule has 10 nitrogen and oxygen atoms in total. The minimum absolute atomic E-state index is 0.0348. The molecule has 10 heteroatoms. The van der Waals surface area contributed by atoms with Crippen LogP contribution in [-0.4, -0.2) is 70.4 Å². The second kappa shape index (κ2) is 13.7. The van der Waals surface area contributed by atoms with E-state index >= 15 is 0 Å². The predicted octanol–water partition coefficient (Wildman–Crippen LogP) is 0.577. The molecule has 0 saturated heterocycles.